The van der Waals surface area contributed by atoms with Crippen LogP contribution in [0.3, 0.4) is 0 Å². The Morgan fingerprint density at radius 2 is 0.642 bits per heavy atom. The van der Waals surface area contributed by atoms with Gasteiger partial charge in [0, 0.05) is 219 Å². The Bertz CT molecular complexity index is 7980. The number of carbonyl (C=O) groups is 4. The van der Waals surface area contributed by atoms with E-state index in [0.717, 1.165) is 42.7 Å². The second-order valence-corrected chi connectivity index (χ2v) is 26.5. The number of ether oxygens (including phenoxy) is 12. The molecule has 0 saturated carbocycles. The van der Waals surface area contributed by atoms with E-state index in [1.807, 2.05) is 0 Å². The van der Waals surface area contributed by atoms with E-state index in [2.05, 4.69) is 0 Å². The first-order valence-corrected chi connectivity index (χ1v) is 35.4. The molecule has 0 aliphatic carbocycles. The summed E-state index contributed by atoms with van der Waals surface area (Å²) in [5, 5.41) is 0. The molecular formula is C96H152N8O16. The number of nitrogens with zero attached hydrogens (tertiary/aromatic N) is 4. The zero-order valence-corrected chi connectivity index (χ0v) is 65.9. The van der Waals surface area contributed by atoms with Crippen molar-refractivity contribution in [1.29, 1.82) is 0 Å². The summed E-state index contributed by atoms with van der Waals surface area (Å²) in [6.45, 7) is -62.5. The third-order valence-corrected chi connectivity index (χ3v) is 18.4. The minimum absolute atomic E-state index is 0.308. The molecule has 4 fully saturated rings. The van der Waals surface area contributed by atoms with Gasteiger partial charge in [0.05, 0.1) is 86.9 Å². The summed E-state index contributed by atoms with van der Waals surface area (Å²) in [7, 11) is -0.682. The molecule has 4 saturated heterocycles. The van der Waals surface area contributed by atoms with Crippen LogP contribution >= 0.6 is 0 Å². The predicted molar refractivity (Wildman–Crippen MR) is 471 cm³/mol. The lowest BCUT2D eigenvalue weighted by Crippen LogP contribution is -2.51. The lowest BCUT2D eigenvalue weighted by atomic mass is 9.79. The summed E-state index contributed by atoms with van der Waals surface area (Å²) >= 11 is 0. The molecule has 20 atom stereocenters. The number of hydrogen-bond acceptors (Lipinski definition) is 24. The Morgan fingerprint density at radius 1 is 0.383 bits per heavy atom. The third-order valence-electron chi connectivity index (χ3n) is 18.4. The lowest BCUT2D eigenvalue weighted by molar-refractivity contribution is -0.161. The van der Waals surface area contributed by atoms with Gasteiger partial charge in [0.2, 0.25) is 0 Å². The minimum Gasteiger partial charge on any atom is -0.493 e. The molecule has 24 nitrogen and oxygen atoms in total. The van der Waals surface area contributed by atoms with Crippen molar-refractivity contribution in [3.8, 4) is 46.0 Å². The quantitative estimate of drug-likeness (QED) is 0.0303. The van der Waals surface area contributed by atoms with Gasteiger partial charge in [-0.25, -0.2) is 0 Å². The van der Waals surface area contributed by atoms with Crippen LogP contribution < -0.4 is 60.8 Å². The van der Waals surface area contributed by atoms with Crippen molar-refractivity contribution in [2.24, 2.45) is 93.8 Å². The summed E-state index contributed by atoms with van der Waals surface area (Å²) in [5.41, 5.74) is 15.6. The van der Waals surface area contributed by atoms with Crippen LogP contribution in [0.5, 0.6) is 46.0 Å². The van der Waals surface area contributed by atoms with Crippen LogP contribution in [0.15, 0.2) is 48.3 Å². The topological polar surface area (TPSA) is 296 Å². The normalized spacial score (nSPS) is 47.0. The Labute approximate surface area is 845 Å². The molecule has 0 spiro atoms. The fraction of sp³-hybridized carbons (Fsp3) is 0.708. The maximum atomic E-state index is 13.8. The van der Waals surface area contributed by atoms with Crippen LogP contribution in [0.2, 0.25) is 0 Å². The minimum atomic E-state index is -4.20. The molecule has 0 amide bonds. The number of nitrogens with two attached hydrogens (primary N) is 4. The van der Waals surface area contributed by atoms with E-state index in [9.17, 15) is 24.7 Å². The lowest BCUT2D eigenvalue weighted by Gasteiger charge is -2.47. The highest BCUT2D eigenvalue weighted by Gasteiger charge is 2.47. The molecule has 4 aromatic carbocycles. The van der Waals surface area contributed by atoms with Crippen molar-refractivity contribution in [2.75, 3.05) is 109 Å². The van der Waals surface area contributed by atoms with Crippen LogP contribution in [0.25, 0.3) is 0 Å². The number of methoxy groups -OCH3 is 8. The highest BCUT2D eigenvalue weighted by Crippen LogP contribution is 2.50. The van der Waals surface area contributed by atoms with E-state index in [0.29, 0.717) is 47.3 Å². The Kier molecular flexibility index (Phi) is 11.6. The van der Waals surface area contributed by atoms with E-state index in [1.54, 1.807) is 0 Å². The molecule has 8 aliphatic heterocycles. The van der Waals surface area contributed by atoms with Crippen LogP contribution in [0.1, 0.15) is 353 Å². The van der Waals surface area contributed by atoms with Crippen LogP contribution in [0.4, 0.5) is 0 Å². The molecule has 12 rings (SSSR count). The molecular weight excluding hydrogens is 1520 g/mol. The first-order valence-electron chi connectivity index (χ1n) is 80.4. The van der Waals surface area contributed by atoms with Gasteiger partial charge in [-0.05, 0) is 191 Å². The van der Waals surface area contributed by atoms with Crippen LogP contribution in [-0.2, 0) is 63.6 Å². The van der Waals surface area contributed by atoms with Crippen molar-refractivity contribution >= 4 is 23.9 Å². The maximum absolute atomic E-state index is 13.8. The van der Waals surface area contributed by atoms with Crippen molar-refractivity contribution in [3.63, 3.8) is 0 Å². The van der Waals surface area contributed by atoms with E-state index in [4.69, 9.17) is 198 Å². The van der Waals surface area contributed by atoms with Crippen LogP contribution in [0, 0.1) is 70.8 Å². The molecule has 16 unspecified atom stereocenters. The van der Waals surface area contributed by atoms with Crippen molar-refractivity contribution in [2.45, 2.75) is 259 Å². The fourth-order valence-corrected chi connectivity index (χ4v) is 12.9. The van der Waals surface area contributed by atoms with Crippen LogP contribution in [-0.4, -0.2) is 201 Å². The number of fused-ring (bicyclic) bond motifs is 12. The summed E-state index contributed by atoms with van der Waals surface area (Å²) in [4.78, 5) is 56.5. The van der Waals surface area contributed by atoms with Gasteiger partial charge >= 0.3 is 23.9 Å². The van der Waals surface area contributed by atoms with Crippen molar-refractivity contribution < 1.29 is 199 Å². The highest BCUT2D eigenvalue weighted by molar-refractivity contribution is 5.77. The van der Waals surface area contributed by atoms with Gasteiger partial charge in [0.25, 0.3) is 0 Å². The molecule has 4 aromatic rings. The number of rotatable bonds is 28. The van der Waals surface area contributed by atoms with Gasteiger partial charge in [-0.1, -0.05) is 110 Å². The first-order chi connectivity index (χ1) is 92.0. The Morgan fingerprint density at radius 3 is 0.933 bits per heavy atom. The average Bonchev–Trinajstić information content (AvgIpc) is 0.670. The number of hydrogen-bond donors (Lipinski definition) is 4. The van der Waals surface area contributed by atoms with E-state index in [-0.39, 0.29) is 0 Å². The van der Waals surface area contributed by atoms with Crippen molar-refractivity contribution in [1.82, 2.24) is 19.6 Å². The maximum Gasteiger partial charge on any atom is 0.323 e. The second-order valence-electron chi connectivity index (χ2n) is 26.5. The first kappa shape index (κ1) is 31.8. The van der Waals surface area contributed by atoms with Gasteiger partial charge in [-0.15, -0.1) is 0 Å². The summed E-state index contributed by atoms with van der Waals surface area (Å²) in [6.07, 6.45) is -43.2. The number of benzene rings is 4. The van der Waals surface area contributed by atoms with Gasteiger partial charge in [-0.3, -0.25) is 38.8 Å². The average molecular weight is 1760 g/mol. The van der Waals surface area contributed by atoms with Crippen molar-refractivity contribution in [3.05, 3.63) is 92.8 Å². The fourth-order valence-electron chi connectivity index (χ4n) is 12.9. The molecule has 672 valence electrons. The zero-order valence-electron chi connectivity index (χ0n) is 156. The standard InChI is InChI=1S/4C24H38N2O4/c4*1-14(2)9-17-13-26-8-7-16-10-21(28-5)22(29-6)11-18(16)19(26)12-20(17)30-24(27)23(25)15(3)4/h4*10-11,14-15,17,19-20,23H,7-9,12-13,25H2,1-6H3/t4*17?,19?,20?,23-/m0000/s1/i1D3,3D3,4D3,5D3,7D2,8D2,9D2,10D,11D,14D,15D,20D,23D;1D3,3D3,4D3,5D3,7D2,8D2,9D2,10D,11D,14D,15D,19D,23D;2*1D3,3D3,4D3,7D2,8D2,9D2,10D,11D,14D,15D,19D,23D/t4*14?,17?,19?,20?,23-. The summed E-state index contributed by atoms with van der Waals surface area (Å²) in [5.74, 6) is -53.8. The molecule has 0 aromatic heterocycles. The Balaban J connectivity index is 0.000000302. The van der Waals surface area contributed by atoms with Gasteiger partial charge < -0.3 is 79.8 Å². The highest BCUT2D eigenvalue weighted by atomic mass is 16.6. The molecule has 8 aliphatic rings. The number of piperidine rings is 4. The summed E-state index contributed by atoms with van der Waals surface area (Å²) in [6, 6.07) is -34.6. The smallest absolute Gasteiger partial charge is 0.323 e. The molecule has 0 bridgehead atoms. The Hall–Kier alpha value is -7.16. The SMILES string of the molecule is [2H]c1c(OC)c(OC([2H])([2H])[2H])c([2H])c2c1C1([2H])CC(OC(=O)[C@@]([2H])(N)C([2H])(C([2H])([2H])[2H])C([2H])([2H])[2H])C(C([2H])([2H])C([2H])(C)C([2H])([2H])[2H])CN1C([2H])([2H])C2([2H])[2H].[2H]c1c(OC)c(OC([2H])([2H])[2H])c([2H])c2c1C1CC([2H])(OC(=O)[C@@]([2H])(N)C([2H])(C([2H])([2H])[2H])C([2H])([2H])[2H])C(C([2H])([2H])C([2H])(C)C([2H])([2H])[2H])CN1C([2H])([2H])C2([2H])[2H].[2H]c1c(OC)c(OC)c([2H])c2c1C1([2H])CC(OC(=O)[C@@]([2H])(N)C([2H])(C([2H])([2H])[2H])C([2H])([2H])[2H])C(C([2H])([2H])C([2H])(C)C([2H])([2H])[2H])CN1C([2H])([2H])C2([2H])[2H].[2H]c1c(OC)c(OC)c([2H])c2c1C1([2H])CC(OC(=O)[C@@]([2H])(N)C([2H])(C([2H])([2H])[2H])C([2H])([2H])[2H])C(C([2H])([2H])C([2H])(C)C([2H])([2H])[2H])CN1C([2H])([2H])C2([2H])[2H]. The molecule has 0 radical (unpaired) electrons. The van der Waals surface area contributed by atoms with E-state index in [1.165, 1.54) is 0 Å². The van der Waals surface area contributed by atoms with Gasteiger partial charge in [0.1, 0.15) is 48.5 Å². The molecule has 120 heavy (non-hydrogen) atoms. The zero-order chi connectivity index (χ0) is 166. The summed E-state index contributed by atoms with van der Waals surface area (Å²) < 4.78 is 809. The predicted octanol–water partition coefficient (Wildman–Crippen LogP) is 14.3. The third kappa shape index (κ3) is 23.8. The van der Waals surface area contributed by atoms with E-state index < -0.39 is 531 Å². The molecule has 8 N–H and O–H groups in total. The van der Waals surface area contributed by atoms with Gasteiger partial charge in [0.15, 0.2) is 46.0 Å². The largest absolute Gasteiger partial charge is 0.493 e. The molecule has 24 heteroatoms. The second kappa shape index (κ2) is 43.9. The van der Waals surface area contributed by atoms with Gasteiger partial charge in [-0.2, -0.15) is 0 Å². The number of carbonyl (C=O) groups excluding carboxylic acids is 4. The molecule has 8 heterocycles. The number of esters is 4. The monoisotopic (exact) mass is 1760 g/mol. The van der Waals surface area contributed by atoms with E-state index >= 15 is 0 Å².